The van der Waals surface area contributed by atoms with Crippen LogP contribution in [0.2, 0.25) is 0 Å². The first kappa shape index (κ1) is 15.2. The number of benzene rings is 1. The highest BCUT2D eigenvalue weighted by atomic mass is 32.1. The van der Waals surface area contributed by atoms with E-state index in [9.17, 15) is 4.79 Å². The van der Waals surface area contributed by atoms with Gasteiger partial charge >= 0.3 is 0 Å². The summed E-state index contributed by atoms with van der Waals surface area (Å²) in [7, 11) is 0. The molecule has 2 N–H and O–H groups in total. The molecule has 0 saturated carbocycles. The summed E-state index contributed by atoms with van der Waals surface area (Å²) in [6.45, 7) is 3.49. The van der Waals surface area contributed by atoms with Crippen molar-refractivity contribution < 1.29 is 9.90 Å². The zero-order valence-electron chi connectivity index (χ0n) is 11.8. The molecule has 2 rings (SSSR count). The zero-order chi connectivity index (χ0) is 15.2. The van der Waals surface area contributed by atoms with Crippen molar-refractivity contribution >= 4 is 17.4 Å². The zero-order valence-corrected chi connectivity index (χ0v) is 12.6. The second kappa shape index (κ2) is 6.97. The monoisotopic (exact) mass is 301 g/mol. The number of rotatable bonds is 3. The van der Waals surface area contributed by atoms with E-state index in [4.69, 9.17) is 5.11 Å². The van der Waals surface area contributed by atoms with E-state index in [1.807, 2.05) is 31.2 Å². The molecule has 108 valence electrons. The van der Waals surface area contributed by atoms with Gasteiger partial charge in [-0.25, -0.2) is 0 Å². The first-order valence-electron chi connectivity index (χ1n) is 6.41. The van der Waals surface area contributed by atoms with Crippen molar-refractivity contribution in [3.8, 4) is 11.8 Å². The molecule has 0 aliphatic heterocycles. The van der Waals surface area contributed by atoms with Crippen LogP contribution in [0.15, 0.2) is 24.3 Å². The topological polar surface area (TPSA) is 75.1 Å². The van der Waals surface area contributed by atoms with E-state index in [0.29, 0.717) is 10.6 Å². The molecule has 1 unspecified atom stereocenters. The predicted molar refractivity (Wildman–Crippen MR) is 80.9 cm³/mol. The smallest absolute Gasteiger partial charge is 0.265 e. The highest BCUT2D eigenvalue weighted by molar-refractivity contribution is 7.08. The summed E-state index contributed by atoms with van der Waals surface area (Å²) in [5.41, 5.74) is 2.38. The molecule has 0 fully saturated rings. The minimum Gasteiger partial charge on any atom is -0.384 e. The van der Waals surface area contributed by atoms with Gasteiger partial charge in [-0.15, -0.1) is 5.10 Å². The molecular formula is C15H15N3O2S. The first-order valence-corrected chi connectivity index (χ1v) is 7.18. The van der Waals surface area contributed by atoms with Gasteiger partial charge in [-0.1, -0.05) is 28.5 Å². The normalized spacial score (nSPS) is 11.4. The van der Waals surface area contributed by atoms with E-state index >= 15 is 0 Å². The first-order chi connectivity index (χ1) is 10.1. The van der Waals surface area contributed by atoms with Crippen molar-refractivity contribution in [2.75, 3.05) is 6.61 Å². The molecule has 1 amide bonds. The van der Waals surface area contributed by atoms with Crippen LogP contribution in [0.4, 0.5) is 0 Å². The number of aliphatic hydroxyl groups is 1. The summed E-state index contributed by atoms with van der Waals surface area (Å²) in [6.07, 6.45) is 0. The molecule has 0 bridgehead atoms. The highest BCUT2D eigenvalue weighted by Crippen LogP contribution is 2.16. The van der Waals surface area contributed by atoms with E-state index in [1.54, 1.807) is 6.92 Å². The number of aromatic nitrogens is 2. The maximum atomic E-state index is 12.1. The number of hydrogen-bond donors (Lipinski definition) is 2. The van der Waals surface area contributed by atoms with Crippen LogP contribution in [0.5, 0.6) is 0 Å². The third kappa shape index (κ3) is 3.88. The van der Waals surface area contributed by atoms with Gasteiger partial charge in [0.05, 0.1) is 11.7 Å². The number of amides is 1. The molecule has 0 spiro atoms. The summed E-state index contributed by atoms with van der Waals surface area (Å²) in [5, 5.41) is 15.5. The Morgan fingerprint density at radius 3 is 3.00 bits per heavy atom. The Morgan fingerprint density at radius 2 is 2.33 bits per heavy atom. The lowest BCUT2D eigenvalue weighted by Crippen LogP contribution is -2.26. The van der Waals surface area contributed by atoms with Gasteiger partial charge in [-0.2, -0.15) is 0 Å². The van der Waals surface area contributed by atoms with Gasteiger partial charge in [0.15, 0.2) is 0 Å². The van der Waals surface area contributed by atoms with Gasteiger partial charge < -0.3 is 10.4 Å². The quantitative estimate of drug-likeness (QED) is 0.846. The molecule has 1 atom stereocenters. The Bertz CT molecular complexity index is 700. The average molecular weight is 301 g/mol. The molecule has 5 nitrogen and oxygen atoms in total. The van der Waals surface area contributed by atoms with Gasteiger partial charge in [0, 0.05) is 5.56 Å². The Balaban J connectivity index is 2.11. The molecule has 2 aromatic rings. The number of aliphatic hydroxyl groups excluding tert-OH is 1. The molecule has 6 heteroatoms. The van der Waals surface area contributed by atoms with E-state index in [0.717, 1.165) is 22.7 Å². The molecule has 0 aliphatic carbocycles. The summed E-state index contributed by atoms with van der Waals surface area (Å²) in [6, 6.07) is 7.39. The van der Waals surface area contributed by atoms with Crippen molar-refractivity contribution in [3.63, 3.8) is 0 Å². The van der Waals surface area contributed by atoms with Crippen molar-refractivity contribution in [2.45, 2.75) is 19.9 Å². The molecule has 0 saturated heterocycles. The average Bonchev–Trinajstić information content (AvgIpc) is 2.91. The number of hydrogen-bond acceptors (Lipinski definition) is 5. The van der Waals surface area contributed by atoms with Crippen LogP contribution >= 0.6 is 11.5 Å². The summed E-state index contributed by atoms with van der Waals surface area (Å²) >= 11 is 1.09. The molecule has 21 heavy (non-hydrogen) atoms. The lowest BCUT2D eigenvalue weighted by molar-refractivity contribution is 0.0943. The third-order valence-electron chi connectivity index (χ3n) is 2.90. The van der Waals surface area contributed by atoms with Crippen molar-refractivity contribution in [3.05, 3.63) is 46.0 Å². The van der Waals surface area contributed by atoms with Crippen LogP contribution in [-0.2, 0) is 0 Å². The fourth-order valence-corrected chi connectivity index (χ4v) is 2.37. The Hall–Kier alpha value is -2.23. The Kier molecular flexibility index (Phi) is 5.04. The fourth-order valence-electron chi connectivity index (χ4n) is 1.81. The van der Waals surface area contributed by atoms with E-state index in [2.05, 4.69) is 26.7 Å². The molecule has 0 aliphatic rings. The molecular weight excluding hydrogens is 286 g/mol. The molecule has 1 aromatic heterocycles. The third-order valence-corrected chi connectivity index (χ3v) is 3.73. The molecule has 0 radical (unpaired) electrons. The Morgan fingerprint density at radius 1 is 1.52 bits per heavy atom. The lowest BCUT2D eigenvalue weighted by atomic mass is 10.1. The standard InChI is InChI=1S/C15H15N3O2S/c1-10(16-15(20)14-11(2)17-18-21-14)13-7-3-5-12(9-13)6-4-8-19/h3,5,7,9-10,19H,8H2,1-2H3,(H,16,20). The van der Waals surface area contributed by atoms with Crippen LogP contribution in [0.3, 0.4) is 0 Å². The van der Waals surface area contributed by atoms with Crippen LogP contribution in [0.25, 0.3) is 0 Å². The van der Waals surface area contributed by atoms with Gasteiger partial charge in [-0.3, -0.25) is 4.79 Å². The summed E-state index contributed by atoms with van der Waals surface area (Å²) < 4.78 is 3.76. The fraction of sp³-hybridized carbons (Fsp3) is 0.267. The molecule has 1 aromatic carbocycles. The van der Waals surface area contributed by atoms with Gasteiger partial charge in [0.2, 0.25) is 0 Å². The van der Waals surface area contributed by atoms with Crippen LogP contribution < -0.4 is 5.32 Å². The predicted octanol–water partition coefficient (Wildman–Crippen LogP) is 1.68. The number of carbonyl (C=O) groups excluding carboxylic acids is 1. The minimum absolute atomic E-state index is 0.158. The SMILES string of the molecule is Cc1nnsc1C(=O)NC(C)c1cccc(C#CCO)c1. The lowest BCUT2D eigenvalue weighted by Gasteiger charge is -2.14. The van der Waals surface area contributed by atoms with E-state index < -0.39 is 0 Å². The highest BCUT2D eigenvalue weighted by Gasteiger charge is 2.16. The minimum atomic E-state index is -0.179. The number of nitrogens with zero attached hydrogens (tertiary/aromatic N) is 2. The van der Waals surface area contributed by atoms with Crippen molar-refractivity contribution in [1.29, 1.82) is 0 Å². The second-order valence-corrected chi connectivity index (χ2v) is 5.22. The second-order valence-electron chi connectivity index (χ2n) is 4.47. The van der Waals surface area contributed by atoms with Crippen LogP contribution in [-0.4, -0.2) is 27.2 Å². The van der Waals surface area contributed by atoms with Crippen molar-refractivity contribution in [1.82, 2.24) is 14.9 Å². The molecule has 1 heterocycles. The summed E-state index contributed by atoms with van der Waals surface area (Å²) in [4.78, 5) is 12.7. The van der Waals surface area contributed by atoms with Crippen LogP contribution in [0, 0.1) is 18.8 Å². The maximum absolute atomic E-state index is 12.1. The van der Waals surface area contributed by atoms with E-state index in [-0.39, 0.29) is 18.6 Å². The number of carbonyl (C=O) groups is 1. The van der Waals surface area contributed by atoms with Gasteiger partial charge in [-0.05, 0) is 43.1 Å². The van der Waals surface area contributed by atoms with Gasteiger partial charge in [0.25, 0.3) is 5.91 Å². The van der Waals surface area contributed by atoms with Crippen molar-refractivity contribution in [2.24, 2.45) is 0 Å². The van der Waals surface area contributed by atoms with Crippen LogP contribution in [0.1, 0.15) is 39.5 Å². The maximum Gasteiger partial charge on any atom is 0.265 e. The number of aryl methyl sites for hydroxylation is 1. The Labute approximate surface area is 127 Å². The largest absolute Gasteiger partial charge is 0.384 e. The van der Waals surface area contributed by atoms with Gasteiger partial charge in [0.1, 0.15) is 11.5 Å². The summed E-state index contributed by atoms with van der Waals surface area (Å²) in [5.74, 6) is 5.27. The number of nitrogens with one attached hydrogen (secondary N) is 1. The van der Waals surface area contributed by atoms with E-state index in [1.165, 1.54) is 0 Å².